The third-order valence-electron chi connectivity index (χ3n) is 2.60. The molecule has 0 unspecified atom stereocenters. The maximum absolute atomic E-state index is 8.83. The third-order valence-corrected chi connectivity index (χ3v) is 2.89. The van der Waals surface area contributed by atoms with E-state index in [0.29, 0.717) is 11.3 Å². The van der Waals surface area contributed by atoms with Crippen molar-refractivity contribution in [2.24, 2.45) is 0 Å². The van der Waals surface area contributed by atoms with E-state index in [0.717, 1.165) is 16.9 Å². The van der Waals surface area contributed by atoms with Gasteiger partial charge in [0.25, 0.3) is 0 Å². The van der Waals surface area contributed by atoms with Crippen molar-refractivity contribution in [1.82, 2.24) is 4.98 Å². The van der Waals surface area contributed by atoms with Gasteiger partial charge < -0.3 is 4.74 Å². The summed E-state index contributed by atoms with van der Waals surface area (Å²) >= 11 is 5.94. The van der Waals surface area contributed by atoms with Crippen LogP contribution in [0.2, 0.25) is 5.15 Å². The van der Waals surface area contributed by atoms with Gasteiger partial charge in [0.15, 0.2) is 0 Å². The van der Waals surface area contributed by atoms with Crippen LogP contribution in [0, 0.1) is 18.3 Å². The highest BCUT2D eigenvalue weighted by Gasteiger charge is 2.10. The monoisotopic (exact) mass is 258 g/mol. The van der Waals surface area contributed by atoms with Crippen molar-refractivity contribution >= 4 is 11.6 Å². The molecule has 0 atom stereocenters. The molecule has 0 aliphatic rings. The first-order valence-corrected chi connectivity index (χ1v) is 5.75. The second-order valence-electron chi connectivity index (χ2n) is 3.85. The predicted octanol–water partition coefficient (Wildman–Crippen LogP) is 3.59. The molecule has 1 heterocycles. The molecule has 0 radical (unpaired) electrons. The molecule has 3 nitrogen and oxygen atoms in total. The lowest BCUT2D eigenvalue weighted by Crippen LogP contribution is -1.92. The van der Waals surface area contributed by atoms with Gasteiger partial charge in [0.2, 0.25) is 0 Å². The fourth-order valence-electron chi connectivity index (χ4n) is 1.69. The third kappa shape index (κ3) is 2.29. The van der Waals surface area contributed by atoms with E-state index in [9.17, 15) is 0 Å². The second-order valence-corrected chi connectivity index (χ2v) is 4.21. The number of ether oxygens (including phenoxy) is 1. The van der Waals surface area contributed by atoms with Gasteiger partial charge in [-0.1, -0.05) is 23.2 Å². The molecule has 2 rings (SSSR count). The largest absolute Gasteiger partial charge is 0.496 e. The number of nitrogens with zero attached hydrogens (tertiary/aromatic N) is 2. The Morgan fingerprint density at radius 3 is 2.67 bits per heavy atom. The molecule has 18 heavy (non-hydrogen) atoms. The first-order valence-electron chi connectivity index (χ1n) is 5.37. The maximum atomic E-state index is 8.83. The van der Waals surface area contributed by atoms with Crippen molar-refractivity contribution < 1.29 is 4.74 Å². The van der Waals surface area contributed by atoms with Gasteiger partial charge in [-0.25, -0.2) is 4.98 Å². The smallest absolute Gasteiger partial charge is 0.147 e. The average Bonchev–Trinajstić information content (AvgIpc) is 2.38. The highest BCUT2D eigenvalue weighted by atomic mass is 35.5. The molecular weight excluding hydrogens is 248 g/mol. The van der Waals surface area contributed by atoms with Crippen LogP contribution in [0.1, 0.15) is 11.1 Å². The highest BCUT2D eigenvalue weighted by Crippen LogP contribution is 2.30. The van der Waals surface area contributed by atoms with E-state index in [1.807, 2.05) is 31.2 Å². The number of aryl methyl sites for hydroxylation is 1. The summed E-state index contributed by atoms with van der Waals surface area (Å²) in [7, 11) is 1.61. The van der Waals surface area contributed by atoms with Crippen LogP contribution in [0.15, 0.2) is 30.3 Å². The zero-order chi connectivity index (χ0) is 13.1. The van der Waals surface area contributed by atoms with Crippen LogP contribution in [-0.4, -0.2) is 12.1 Å². The molecule has 1 aromatic heterocycles. The molecule has 0 spiro atoms. The van der Waals surface area contributed by atoms with E-state index >= 15 is 0 Å². The van der Waals surface area contributed by atoms with Crippen LogP contribution in [-0.2, 0) is 0 Å². The number of hydrogen-bond donors (Lipinski definition) is 0. The van der Waals surface area contributed by atoms with Gasteiger partial charge in [-0.3, -0.25) is 0 Å². The van der Waals surface area contributed by atoms with E-state index in [4.69, 9.17) is 21.6 Å². The lowest BCUT2D eigenvalue weighted by Gasteiger charge is -2.09. The van der Waals surface area contributed by atoms with Gasteiger partial charge in [-0.15, -0.1) is 0 Å². The zero-order valence-corrected chi connectivity index (χ0v) is 10.8. The SMILES string of the molecule is COc1ccc(C)cc1-c1ccc(C#N)c(Cl)n1. The van der Waals surface area contributed by atoms with Crippen molar-refractivity contribution in [3.05, 3.63) is 46.6 Å². The van der Waals surface area contributed by atoms with Crippen LogP contribution in [0.4, 0.5) is 0 Å². The minimum absolute atomic E-state index is 0.207. The van der Waals surface area contributed by atoms with Crippen molar-refractivity contribution in [3.8, 4) is 23.1 Å². The standard InChI is InChI=1S/C14H11ClN2O/c1-9-3-6-13(18-2)11(7-9)12-5-4-10(8-16)14(15)17-12/h3-7H,1-2H3. The molecule has 1 aromatic carbocycles. The molecule has 0 saturated heterocycles. The van der Waals surface area contributed by atoms with Gasteiger partial charge in [-0.05, 0) is 31.2 Å². The summed E-state index contributed by atoms with van der Waals surface area (Å²) in [4.78, 5) is 4.23. The number of pyridine rings is 1. The van der Waals surface area contributed by atoms with E-state index in [1.54, 1.807) is 19.2 Å². The Morgan fingerprint density at radius 1 is 1.28 bits per heavy atom. The Balaban J connectivity index is 2.58. The second kappa shape index (κ2) is 5.07. The topological polar surface area (TPSA) is 45.9 Å². The van der Waals surface area contributed by atoms with Crippen LogP contribution in [0.5, 0.6) is 5.75 Å². The van der Waals surface area contributed by atoms with Crippen molar-refractivity contribution in [3.63, 3.8) is 0 Å². The van der Waals surface area contributed by atoms with E-state index in [2.05, 4.69) is 4.98 Å². The number of aromatic nitrogens is 1. The van der Waals surface area contributed by atoms with Crippen LogP contribution in [0.3, 0.4) is 0 Å². The van der Waals surface area contributed by atoms with Crippen LogP contribution in [0.25, 0.3) is 11.3 Å². The van der Waals surface area contributed by atoms with Gasteiger partial charge >= 0.3 is 0 Å². The summed E-state index contributed by atoms with van der Waals surface area (Å²) in [5.74, 6) is 0.730. The van der Waals surface area contributed by atoms with Gasteiger partial charge in [-0.2, -0.15) is 5.26 Å². The molecule has 0 aliphatic heterocycles. The minimum Gasteiger partial charge on any atom is -0.496 e. The van der Waals surface area contributed by atoms with Crippen LogP contribution < -0.4 is 4.74 Å². The summed E-state index contributed by atoms with van der Waals surface area (Å²) in [6.45, 7) is 1.99. The number of methoxy groups -OCH3 is 1. The molecule has 90 valence electrons. The Hall–Kier alpha value is -2.05. The normalized spacial score (nSPS) is 9.89. The van der Waals surface area contributed by atoms with E-state index in [-0.39, 0.29) is 5.15 Å². The summed E-state index contributed by atoms with van der Waals surface area (Å²) in [6, 6.07) is 11.2. The zero-order valence-electron chi connectivity index (χ0n) is 10.1. The Kier molecular flexibility index (Phi) is 3.50. The lowest BCUT2D eigenvalue weighted by molar-refractivity contribution is 0.416. The van der Waals surface area contributed by atoms with Crippen molar-refractivity contribution in [2.75, 3.05) is 7.11 Å². The molecule has 0 N–H and O–H groups in total. The van der Waals surface area contributed by atoms with Crippen molar-refractivity contribution in [1.29, 1.82) is 5.26 Å². The molecule has 2 aromatic rings. The summed E-state index contributed by atoms with van der Waals surface area (Å²) in [5, 5.41) is 9.03. The lowest BCUT2D eigenvalue weighted by atomic mass is 10.1. The van der Waals surface area contributed by atoms with Gasteiger partial charge in [0, 0.05) is 5.56 Å². The number of hydrogen-bond acceptors (Lipinski definition) is 3. The first-order chi connectivity index (χ1) is 8.65. The van der Waals surface area contributed by atoms with E-state index in [1.165, 1.54) is 0 Å². The number of rotatable bonds is 2. The molecule has 4 heteroatoms. The van der Waals surface area contributed by atoms with Gasteiger partial charge in [0.05, 0.1) is 18.4 Å². The maximum Gasteiger partial charge on any atom is 0.147 e. The number of halogens is 1. The molecule has 0 saturated carbocycles. The number of nitriles is 1. The van der Waals surface area contributed by atoms with Crippen LogP contribution >= 0.6 is 11.6 Å². The van der Waals surface area contributed by atoms with E-state index < -0.39 is 0 Å². The average molecular weight is 259 g/mol. The molecule has 0 bridgehead atoms. The minimum atomic E-state index is 0.207. The Morgan fingerprint density at radius 2 is 2.06 bits per heavy atom. The fraction of sp³-hybridized carbons (Fsp3) is 0.143. The Bertz CT molecular complexity index is 632. The first kappa shape index (κ1) is 12.4. The highest BCUT2D eigenvalue weighted by molar-refractivity contribution is 6.30. The summed E-state index contributed by atoms with van der Waals surface area (Å²) < 4.78 is 5.30. The Labute approximate surface area is 111 Å². The summed E-state index contributed by atoms with van der Waals surface area (Å²) in [6.07, 6.45) is 0. The fourth-order valence-corrected chi connectivity index (χ4v) is 1.89. The predicted molar refractivity (Wildman–Crippen MR) is 70.7 cm³/mol. The number of benzene rings is 1. The quantitative estimate of drug-likeness (QED) is 0.774. The molecular formula is C14H11ClN2O. The molecule has 0 amide bonds. The summed E-state index contributed by atoms with van der Waals surface area (Å²) in [5.41, 5.74) is 3.03. The van der Waals surface area contributed by atoms with Gasteiger partial charge in [0.1, 0.15) is 17.0 Å². The molecule has 0 fully saturated rings. The van der Waals surface area contributed by atoms with Crippen molar-refractivity contribution in [2.45, 2.75) is 6.92 Å². The molecule has 0 aliphatic carbocycles.